The van der Waals surface area contributed by atoms with E-state index < -0.39 is 0 Å². The fourth-order valence-corrected chi connectivity index (χ4v) is 3.72. The molecule has 0 unspecified atom stereocenters. The number of thioether (sulfide) groups is 1. The fourth-order valence-electron chi connectivity index (χ4n) is 2.97. The highest BCUT2D eigenvalue weighted by Gasteiger charge is 2.18. The largest absolute Gasteiger partial charge is 0.486 e. The summed E-state index contributed by atoms with van der Waals surface area (Å²) >= 11 is 1.19. The maximum atomic E-state index is 12.8. The van der Waals surface area contributed by atoms with Gasteiger partial charge in [-0.15, -0.1) is 10.2 Å². The van der Waals surface area contributed by atoms with Crippen molar-refractivity contribution in [2.45, 2.75) is 37.9 Å². The van der Waals surface area contributed by atoms with Crippen LogP contribution < -0.4 is 15.5 Å². The number of amides is 1. The first-order valence-corrected chi connectivity index (χ1v) is 11.3. The van der Waals surface area contributed by atoms with E-state index in [-0.39, 0.29) is 24.7 Å². The number of nitrogen functional groups attached to an aromatic ring is 1. The van der Waals surface area contributed by atoms with E-state index in [0.29, 0.717) is 23.4 Å². The highest BCUT2D eigenvalue weighted by Crippen LogP contribution is 2.21. The minimum atomic E-state index is -0.137. The molecule has 0 atom stereocenters. The van der Waals surface area contributed by atoms with Crippen molar-refractivity contribution in [2.24, 2.45) is 0 Å². The number of nitriles is 1. The fraction of sp³-hybridized carbons (Fsp3) is 0.304. The molecular formula is C23H26N6O2S. The summed E-state index contributed by atoms with van der Waals surface area (Å²) in [4.78, 5) is 14.4. The number of para-hydroxylation sites is 1. The smallest absolute Gasteiger partial charge is 0.237 e. The zero-order chi connectivity index (χ0) is 22.9. The molecule has 0 radical (unpaired) electrons. The van der Waals surface area contributed by atoms with Crippen LogP contribution in [0.3, 0.4) is 0 Å². The molecule has 32 heavy (non-hydrogen) atoms. The second kappa shape index (κ2) is 11.2. The summed E-state index contributed by atoms with van der Waals surface area (Å²) in [6.45, 7) is 4.76. The van der Waals surface area contributed by atoms with E-state index >= 15 is 0 Å². The van der Waals surface area contributed by atoms with E-state index in [1.54, 1.807) is 4.90 Å². The Morgan fingerprint density at radius 2 is 1.91 bits per heavy atom. The Morgan fingerprint density at radius 3 is 2.56 bits per heavy atom. The Hall–Kier alpha value is -3.51. The number of anilines is 1. The molecule has 2 aromatic carbocycles. The van der Waals surface area contributed by atoms with Crippen molar-refractivity contribution >= 4 is 23.4 Å². The van der Waals surface area contributed by atoms with E-state index in [2.05, 4.69) is 30.1 Å². The lowest BCUT2D eigenvalue weighted by Crippen LogP contribution is -2.33. The van der Waals surface area contributed by atoms with E-state index in [0.717, 1.165) is 11.4 Å². The first-order chi connectivity index (χ1) is 15.5. The molecule has 8 nitrogen and oxygen atoms in total. The SMILES string of the molecule is CC(C)c1ccc(OCc2nnc(SCC(=O)N(CCC#N)c3ccccc3)n2N)cc1. The molecule has 1 aromatic heterocycles. The number of hydrogen-bond donors (Lipinski definition) is 1. The lowest BCUT2D eigenvalue weighted by molar-refractivity contribution is -0.116. The average molecular weight is 451 g/mol. The van der Waals surface area contributed by atoms with Crippen molar-refractivity contribution in [3.63, 3.8) is 0 Å². The molecule has 9 heteroatoms. The predicted molar refractivity (Wildman–Crippen MR) is 125 cm³/mol. The molecule has 1 amide bonds. The van der Waals surface area contributed by atoms with Gasteiger partial charge in [0.1, 0.15) is 12.4 Å². The van der Waals surface area contributed by atoms with Crippen LogP contribution in [-0.2, 0) is 11.4 Å². The third-order valence-electron chi connectivity index (χ3n) is 4.79. The topological polar surface area (TPSA) is 110 Å². The van der Waals surface area contributed by atoms with Gasteiger partial charge in [0.15, 0.2) is 5.82 Å². The molecule has 2 N–H and O–H groups in total. The van der Waals surface area contributed by atoms with Gasteiger partial charge in [0.05, 0.1) is 18.2 Å². The molecule has 166 valence electrons. The van der Waals surface area contributed by atoms with Gasteiger partial charge in [0.2, 0.25) is 11.1 Å². The van der Waals surface area contributed by atoms with E-state index in [1.165, 1.54) is 22.0 Å². The van der Waals surface area contributed by atoms with Crippen LogP contribution in [0.1, 0.15) is 37.6 Å². The number of benzene rings is 2. The summed E-state index contributed by atoms with van der Waals surface area (Å²) in [6, 6.07) is 19.3. The van der Waals surface area contributed by atoms with Crippen LogP contribution in [0.25, 0.3) is 0 Å². The molecule has 0 fully saturated rings. The van der Waals surface area contributed by atoms with Crippen LogP contribution in [0.4, 0.5) is 5.69 Å². The van der Waals surface area contributed by atoms with Crippen LogP contribution in [0, 0.1) is 11.3 Å². The molecule has 0 aliphatic heterocycles. The Labute approximate surface area is 192 Å². The van der Waals surface area contributed by atoms with E-state index in [4.69, 9.17) is 15.8 Å². The number of carbonyl (C=O) groups excluding carboxylic acids is 1. The third-order valence-corrected chi connectivity index (χ3v) is 5.72. The zero-order valence-electron chi connectivity index (χ0n) is 18.1. The number of carbonyl (C=O) groups is 1. The van der Waals surface area contributed by atoms with Gasteiger partial charge in [0, 0.05) is 12.2 Å². The second-order valence-electron chi connectivity index (χ2n) is 7.36. The lowest BCUT2D eigenvalue weighted by Gasteiger charge is -2.21. The molecule has 0 aliphatic rings. The van der Waals surface area contributed by atoms with Crippen LogP contribution in [-0.4, -0.2) is 33.1 Å². The third kappa shape index (κ3) is 6.02. The number of nitrogens with zero attached hydrogens (tertiary/aromatic N) is 5. The van der Waals surface area contributed by atoms with Gasteiger partial charge in [-0.25, -0.2) is 4.68 Å². The molecule has 0 spiro atoms. The zero-order valence-corrected chi connectivity index (χ0v) is 19.0. The normalized spacial score (nSPS) is 10.7. The van der Waals surface area contributed by atoms with Crippen LogP contribution >= 0.6 is 11.8 Å². The lowest BCUT2D eigenvalue weighted by atomic mass is 10.0. The maximum Gasteiger partial charge on any atom is 0.237 e. The number of rotatable bonds is 10. The van der Waals surface area contributed by atoms with Gasteiger partial charge in [-0.05, 0) is 35.7 Å². The average Bonchev–Trinajstić information content (AvgIpc) is 3.16. The van der Waals surface area contributed by atoms with Crippen molar-refractivity contribution in [1.29, 1.82) is 5.26 Å². The minimum Gasteiger partial charge on any atom is -0.486 e. The highest BCUT2D eigenvalue weighted by atomic mass is 32.2. The molecule has 0 saturated heterocycles. The number of aromatic nitrogens is 3. The molecule has 0 bridgehead atoms. The predicted octanol–water partition coefficient (Wildman–Crippen LogP) is 3.73. The number of ether oxygens (including phenoxy) is 1. The molecule has 0 saturated carbocycles. The van der Waals surface area contributed by atoms with Crippen LogP contribution in [0.15, 0.2) is 59.8 Å². The summed E-state index contributed by atoms with van der Waals surface area (Å²) in [5, 5.41) is 17.5. The Morgan fingerprint density at radius 1 is 1.19 bits per heavy atom. The second-order valence-corrected chi connectivity index (χ2v) is 8.30. The Kier molecular flexibility index (Phi) is 8.11. The van der Waals surface area contributed by atoms with E-state index in [1.807, 2.05) is 54.6 Å². The molecule has 3 rings (SSSR count). The maximum absolute atomic E-state index is 12.8. The van der Waals surface area contributed by atoms with Crippen molar-refractivity contribution in [2.75, 3.05) is 23.0 Å². The quantitative estimate of drug-likeness (QED) is 0.370. The molecular weight excluding hydrogens is 424 g/mol. The summed E-state index contributed by atoms with van der Waals surface area (Å²) in [5.41, 5.74) is 1.99. The number of hydrogen-bond acceptors (Lipinski definition) is 7. The van der Waals surface area contributed by atoms with Crippen molar-refractivity contribution in [3.05, 3.63) is 66.0 Å². The summed E-state index contributed by atoms with van der Waals surface area (Å²) in [7, 11) is 0. The van der Waals surface area contributed by atoms with Gasteiger partial charge in [-0.1, -0.05) is 55.9 Å². The van der Waals surface area contributed by atoms with Gasteiger partial charge in [0.25, 0.3) is 0 Å². The standard InChI is InChI=1S/C23H26N6O2S/c1-17(2)18-9-11-20(12-10-18)31-15-21-26-27-23(29(21)25)32-16-22(30)28(14-6-13-24)19-7-4-3-5-8-19/h3-5,7-12,17H,6,14-16,25H2,1-2H3. The molecule has 3 aromatic rings. The number of nitrogens with two attached hydrogens (primary N) is 1. The summed E-state index contributed by atoms with van der Waals surface area (Å²) in [5.74, 6) is 7.72. The minimum absolute atomic E-state index is 0.118. The Balaban J connectivity index is 1.58. The van der Waals surface area contributed by atoms with Gasteiger partial charge >= 0.3 is 0 Å². The van der Waals surface area contributed by atoms with Gasteiger partial charge in [-0.3, -0.25) is 4.79 Å². The van der Waals surface area contributed by atoms with Gasteiger partial charge < -0.3 is 15.5 Å². The molecule has 0 aliphatic carbocycles. The van der Waals surface area contributed by atoms with Crippen LogP contribution in [0.5, 0.6) is 5.75 Å². The monoisotopic (exact) mass is 450 g/mol. The Bertz CT molecular complexity index is 1060. The van der Waals surface area contributed by atoms with Crippen molar-refractivity contribution in [1.82, 2.24) is 14.9 Å². The van der Waals surface area contributed by atoms with Gasteiger partial charge in [-0.2, -0.15) is 5.26 Å². The highest BCUT2D eigenvalue weighted by molar-refractivity contribution is 7.99. The first-order valence-electron chi connectivity index (χ1n) is 10.3. The summed E-state index contributed by atoms with van der Waals surface area (Å²) in [6.07, 6.45) is 0.248. The molecule has 1 heterocycles. The summed E-state index contributed by atoms with van der Waals surface area (Å²) < 4.78 is 7.10. The van der Waals surface area contributed by atoms with Crippen molar-refractivity contribution < 1.29 is 9.53 Å². The van der Waals surface area contributed by atoms with Crippen LogP contribution in [0.2, 0.25) is 0 Å². The van der Waals surface area contributed by atoms with E-state index in [9.17, 15) is 4.79 Å². The first kappa shape index (κ1) is 23.2. The van der Waals surface area contributed by atoms with Crippen molar-refractivity contribution in [3.8, 4) is 11.8 Å².